The lowest BCUT2D eigenvalue weighted by Gasteiger charge is -2.27. The molecule has 0 radical (unpaired) electrons. The van der Waals surface area contributed by atoms with Crippen LogP contribution < -0.4 is 10.6 Å². The van der Waals surface area contributed by atoms with Gasteiger partial charge in [0.15, 0.2) is 0 Å². The second-order valence-electron chi connectivity index (χ2n) is 10.3. The fraction of sp³-hybridized carbons (Fsp3) is 0.571. The van der Waals surface area contributed by atoms with Gasteiger partial charge >= 0.3 is 6.18 Å². The Morgan fingerprint density at radius 1 is 1.15 bits per heavy atom. The molecule has 0 spiro atoms. The van der Waals surface area contributed by atoms with Crippen molar-refractivity contribution in [2.24, 2.45) is 5.92 Å². The van der Waals surface area contributed by atoms with Crippen molar-refractivity contribution in [2.45, 2.75) is 70.1 Å². The number of amides is 3. The van der Waals surface area contributed by atoms with Crippen LogP contribution in [0.25, 0.3) is 0 Å². The first-order valence-corrected chi connectivity index (χ1v) is 13.7. The van der Waals surface area contributed by atoms with Gasteiger partial charge in [0.2, 0.25) is 11.8 Å². The van der Waals surface area contributed by atoms with Gasteiger partial charge in [-0.15, -0.1) is 0 Å². The summed E-state index contributed by atoms with van der Waals surface area (Å²) < 4.78 is 60.2. The van der Waals surface area contributed by atoms with E-state index in [1.807, 2.05) is 6.92 Å². The maximum absolute atomic E-state index is 15.2. The largest absolute Gasteiger partial charge is 0.406 e. The van der Waals surface area contributed by atoms with E-state index in [1.54, 1.807) is 6.07 Å². The Labute approximate surface area is 236 Å². The third-order valence-electron chi connectivity index (χ3n) is 7.27. The third kappa shape index (κ3) is 8.75. The summed E-state index contributed by atoms with van der Waals surface area (Å²) in [6.45, 7) is 0.573. The fourth-order valence-electron chi connectivity index (χ4n) is 5.18. The molecule has 0 bridgehead atoms. The number of hydrogen-bond donors (Lipinski definition) is 2. The quantitative estimate of drug-likeness (QED) is 0.300. The predicted octanol–water partition coefficient (Wildman–Crippen LogP) is 4.50. The lowest BCUT2D eigenvalue weighted by Crippen LogP contribution is -2.49. The van der Waals surface area contributed by atoms with Crippen molar-refractivity contribution in [3.63, 3.8) is 0 Å². The van der Waals surface area contributed by atoms with E-state index in [1.165, 1.54) is 30.1 Å². The summed E-state index contributed by atoms with van der Waals surface area (Å²) in [4.78, 5) is 39.8. The molecular weight excluding hydrogens is 546 g/mol. The van der Waals surface area contributed by atoms with Crippen LogP contribution in [0.4, 0.5) is 23.2 Å². The van der Waals surface area contributed by atoms with Crippen molar-refractivity contribution in [1.29, 1.82) is 0 Å². The van der Waals surface area contributed by atoms with Gasteiger partial charge in [0.1, 0.15) is 24.1 Å². The van der Waals surface area contributed by atoms with Crippen LogP contribution >= 0.6 is 0 Å². The highest BCUT2D eigenvalue weighted by Crippen LogP contribution is 2.29. The van der Waals surface area contributed by atoms with E-state index < -0.39 is 48.2 Å². The third-order valence-corrected chi connectivity index (χ3v) is 7.27. The fourth-order valence-corrected chi connectivity index (χ4v) is 5.18. The highest BCUT2D eigenvalue weighted by molar-refractivity contribution is 6.00. The molecule has 2 N–H and O–H groups in total. The van der Waals surface area contributed by atoms with Gasteiger partial charge in [0, 0.05) is 26.9 Å². The lowest BCUT2D eigenvalue weighted by molar-refractivity contribution is -0.160. The Balaban J connectivity index is 1.82. The lowest BCUT2D eigenvalue weighted by atomic mass is 9.90. The molecule has 0 saturated heterocycles. The highest BCUT2D eigenvalue weighted by Gasteiger charge is 2.35. The molecule has 3 rings (SSSR count). The van der Waals surface area contributed by atoms with E-state index >= 15 is 4.39 Å². The Hall–Kier alpha value is -3.48. The summed E-state index contributed by atoms with van der Waals surface area (Å²) in [6, 6.07) is 4.24. The SMILES string of the molecule is CCn1nccc1C(=O)N[C@H](C(=O)Nc1ccc(C(COC)C(=O)N(C)CC(F)(F)F)cc1F)C1CCCCCC1. The van der Waals surface area contributed by atoms with Crippen molar-refractivity contribution < 1.29 is 36.7 Å². The Bertz CT molecular complexity index is 1190. The van der Waals surface area contributed by atoms with Crippen molar-refractivity contribution >= 4 is 23.4 Å². The summed E-state index contributed by atoms with van der Waals surface area (Å²) in [5.41, 5.74) is 0.221. The van der Waals surface area contributed by atoms with Gasteiger partial charge < -0.3 is 20.3 Å². The topological polar surface area (TPSA) is 106 Å². The minimum absolute atomic E-state index is 0.0998. The molecule has 9 nitrogen and oxygen atoms in total. The van der Waals surface area contributed by atoms with Crippen LogP contribution in [0, 0.1) is 11.7 Å². The van der Waals surface area contributed by atoms with Crippen LogP contribution in [-0.2, 0) is 20.9 Å². The first-order chi connectivity index (χ1) is 19.4. The zero-order chi connectivity index (χ0) is 30.2. The van der Waals surface area contributed by atoms with E-state index in [2.05, 4.69) is 15.7 Å². The number of carbonyl (C=O) groups is 3. The Morgan fingerprint density at radius 2 is 1.83 bits per heavy atom. The zero-order valence-electron chi connectivity index (χ0n) is 23.5. The van der Waals surface area contributed by atoms with Crippen LogP contribution in [-0.4, -0.2) is 71.9 Å². The van der Waals surface area contributed by atoms with E-state index in [9.17, 15) is 27.6 Å². The minimum atomic E-state index is -4.60. The first kappa shape index (κ1) is 32.0. The number of rotatable bonds is 11. The second-order valence-corrected chi connectivity index (χ2v) is 10.3. The number of alkyl halides is 3. The van der Waals surface area contributed by atoms with E-state index in [0.29, 0.717) is 17.1 Å². The monoisotopic (exact) mass is 583 g/mol. The van der Waals surface area contributed by atoms with Crippen LogP contribution in [0.2, 0.25) is 0 Å². The summed E-state index contributed by atoms with van der Waals surface area (Å²) in [5.74, 6) is -4.16. The molecule has 1 aliphatic carbocycles. The summed E-state index contributed by atoms with van der Waals surface area (Å²) in [6.07, 6.45) is 2.20. The number of hydrogen-bond acceptors (Lipinski definition) is 5. The van der Waals surface area contributed by atoms with Crippen LogP contribution in [0.1, 0.15) is 67.4 Å². The molecule has 2 atom stereocenters. The molecule has 1 fully saturated rings. The van der Waals surface area contributed by atoms with Crippen LogP contribution in [0.15, 0.2) is 30.5 Å². The van der Waals surface area contributed by atoms with Gasteiger partial charge in [-0.2, -0.15) is 18.3 Å². The van der Waals surface area contributed by atoms with E-state index in [4.69, 9.17) is 4.74 Å². The summed E-state index contributed by atoms with van der Waals surface area (Å²) in [5, 5.41) is 9.50. The molecule has 1 saturated carbocycles. The number of nitrogens with one attached hydrogen (secondary N) is 2. The number of methoxy groups -OCH3 is 1. The van der Waals surface area contributed by atoms with Gasteiger partial charge in [-0.1, -0.05) is 31.7 Å². The number of carbonyl (C=O) groups excluding carboxylic acids is 3. The van der Waals surface area contributed by atoms with Crippen molar-refractivity contribution in [1.82, 2.24) is 20.0 Å². The number of halogens is 4. The average molecular weight is 584 g/mol. The highest BCUT2D eigenvalue weighted by atomic mass is 19.4. The van der Waals surface area contributed by atoms with Gasteiger partial charge in [-0.25, -0.2) is 4.39 Å². The number of benzene rings is 1. The zero-order valence-corrected chi connectivity index (χ0v) is 23.5. The normalized spacial score (nSPS) is 16.0. The number of nitrogens with zero attached hydrogens (tertiary/aromatic N) is 3. The van der Waals surface area contributed by atoms with Crippen molar-refractivity contribution in [3.8, 4) is 0 Å². The standard InChI is InChI=1S/C28H37F4N5O4/c1-4-37-23(13-14-33-37)25(38)35-24(18-9-7-5-6-8-10-18)26(39)34-22-12-11-19(15-21(22)29)20(16-41-3)27(40)36(2)17-28(30,31)32/h11-15,18,20,24H,4-10,16-17H2,1-3H3,(H,34,39)(H,35,38)/t20?,24-/m0/s1. The molecule has 2 aromatic rings. The van der Waals surface area contributed by atoms with Gasteiger partial charge in [-0.3, -0.25) is 19.1 Å². The maximum Gasteiger partial charge on any atom is 0.406 e. The molecule has 3 amide bonds. The Morgan fingerprint density at radius 3 is 2.41 bits per heavy atom. The molecule has 1 unspecified atom stereocenters. The van der Waals surface area contributed by atoms with Crippen LogP contribution in [0.5, 0.6) is 0 Å². The number of anilines is 1. The molecule has 41 heavy (non-hydrogen) atoms. The van der Waals surface area contributed by atoms with Gasteiger partial charge in [0.05, 0.1) is 18.2 Å². The maximum atomic E-state index is 15.2. The predicted molar refractivity (Wildman–Crippen MR) is 144 cm³/mol. The molecule has 0 aliphatic heterocycles. The molecule has 226 valence electrons. The van der Waals surface area contributed by atoms with Gasteiger partial charge in [0.25, 0.3) is 5.91 Å². The van der Waals surface area contributed by atoms with Gasteiger partial charge in [-0.05, 0) is 49.4 Å². The van der Waals surface area contributed by atoms with E-state index in [0.717, 1.165) is 51.6 Å². The summed E-state index contributed by atoms with van der Waals surface area (Å²) >= 11 is 0. The van der Waals surface area contributed by atoms with Crippen molar-refractivity contribution in [3.05, 3.63) is 47.5 Å². The first-order valence-electron chi connectivity index (χ1n) is 13.7. The second kappa shape index (κ2) is 14.4. The van der Waals surface area contributed by atoms with Crippen LogP contribution in [0.3, 0.4) is 0 Å². The minimum Gasteiger partial charge on any atom is -0.384 e. The molecule has 1 aromatic carbocycles. The Kier molecular flexibility index (Phi) is 11.3. The van der Waals surface area contributed by atoms with E-state index in [-0.39, 0.29) is 23.8 Å². The summed E-state index contributed by atoms with van der Waals surface area (Å²) in [7, 11) is 2.29. The number of likely N-dealkylation sites (N-methyl/N-ethyl adjacent to an activating group) is 1. The smallest absolute Gasteiger partial charge is 0.384 e. The average Bonchev–Trinajstić information content (AvgIpc) is 3.24. The van der Waals surface area contributed by atoms with Crippen molar-refractivity contribution in [2.75, 3.05) is 32.6 Å². The molecular formula is C28H37F4N5O4. The molecule has 1 aliphatic rings. The molecule has 1 heterocycles. The molecule has 13 heteroatoms. The number of aryl methyl sites for hydroxylation is 1. The number of aromatic nitrogens is 2. The number of ether oxygens (including phenoxy) is 1. The molecule has 1 aromatic heterocycles.